The molecule has 2 atom stereocenters. The van der Waals surface area contributed by atoms with Crippen LogP contribution in [0.2, 0.25) is 0 Å². The first kappa shape index (κ1) is 15.0. The maximum Gasteiger partial charge on any atom is 0.246 e. The molecule has 1 rings (SSSR count). The van der Waals surface area contributed by atoms with E-state index < -0.39 is 38.7 Å². The minimum Gasteiger partial charge on any atom is -0.393 e. The molecule has 0 bridgehead atoms. The highest BCUT2D eigenvalue weighted by Gasteiger charge is 2.25. The van der Waals surface area contributed by atoms with Crippen molar-refractivity contribution in [3.63, 3.8) is 0 Å². The molecule has 0 saturated carbocycles. The average molecular weight is 279 g/mol. The van der Waals surface area contributed by atoms with E-state index in [0.717, 1.165) is 18.2 Å². The van der Waals surface area contributed by atoms with Crippen molar-refractivity contribution in [3.05, 3.63) is 29.8 Å². The number of hydrogen-bond donors (Lipinski definition) is 2. The Kier molecular flexibility index (Phi) is 4.78. The van der Waals surface area contributed by atoms with Crippen molar-refractivity contribution in [2.45, 2.75) is 37.3 Å². The summed E-state index contributed by atoms with van der Waals surface area (Å²) < 4.78 is 52.4. The molecule has 7 heteroatoms. The van der Waals surface area contributed by atoms with E-state index in [0.29, 0.717) is 0 Å². The van der Waals surface area contributed by atoms with Gasteiger partial charge in [-0.1, -0.05) is 6.07 Å². The summed E-state index contributed by atoms with van der Waals surface area (Å²) in [6.45, 7) is 3.00. The predicted molar refractivity (Wildman–Crippen MR) is 62.4 cm³/mol. The fourth-order valence-electron chi connectivity index (χ4n) is 1.62. The van der Waals surface area contributed by atoms with Crippen LogP contribution in [0.5, 0.6) is 0 Å². The number of hydrogen-bond acceptors (Lipinski definition) is 3. The van der Waals surface area contributed by atoms with Gasteiger partial charge in [0.25, 0.3) is 0 Å². The molecule has 0 aliphatic heterocycles. The van der Waals surface area contributed by atoms with Crippen LogP contribution in [0.25, 0.3) is 0 Å². The molecular formula is C11H15F2NO3S. The van der Waals surface area contributed by atoms with Crippen molar-refractivity contribution >= 4 is 10.0 Å². The van der Waals surface area contributed by atoms with Crippen molar-refractivity contribution in [1.29, 1.82) is 0 Å². The molecule has 1 aromatic carbocycles. The molecule has 0 aliphatic carbocycles. The molecular weight excluding hydrogens is 264 g/mol. The van der Waals surface area contributed by atoms with Gasteiger partial charge < -0.3 is 5.11 Å². The second kappa shape index (κ2) is 5.73. The van der Waals surface area contributed by atoms with Crippen LogP contribution >= 0.6 is 0 Å². The summed E-state index contributed by atoms with van der Waals surface area (Å²) in [4.78, 5) is -0.998. The molecule has 0 fully saturated rings. The zero-order valence-electron chi connectivity index (χ0n) is 10.0. The summed E-state index contributed by atoms with van der Waals surface area (Å²) in [5.74, 6) is -2.29. The van der Waals surface area contributed by atoms with E-state index in [1.54, 1.807) is 0 Å². The zero-order chi connectivity index (χ0) is 13.9. The van der Waals surface area contributed by atoms with E-state index in [9.17, 15) is 17.2 Å². The highest BCUT2D eigenvalue weighted by atomic mass is 32.2. The van der Waals surface area contributed by atoms with E-state index in [-0.39, 0.29) is 6.42 Å². The number of sulfonamides is 1. The fraction of sp³-hybridized carbons (Fsp3) is 0.455. The fourth-order valence-corrected chi connectivity index (χ4v) is 3.02. The topological polar surface area (TPSA) is 66.4 Å². The number of aliphatic hydroxyl groups excluding tert-OH is 1. The van der Waals surface area contributed by atoms with Crippen LogP contribution in [0.3, 0.4) is 0 Å². The first-order valence-corrected chi connectivity index (χ1v) is 6.86. The molecule has 0 spiro atoms. The van der Waals surface area contributed by atoms with Crippen LogP contribution in [0.4, 0.5) is 8.78 Å². The third-order valence-corrected chi connectivity index (χ3v) is 3.88. The molecule has 2 N–H and O–H groups in total. The van der Waals surface area contributed by atoms with E-state index in [1.807, 2.05) is 0 Å². The number of nitrogens with one attached hydrogen (secondary N) is 1. The maximum atomic E-state index is 13.4. The Morgan fingerprint density at radius 2 is 1.78 bits per heavy atom. The summed E-state index contributed by atoms with van der Waals surface area (Å²) in [7, 11) is -4.28. The van der Waals surface area contributed by atoms with Crippen LogP contribution in [-0.4, -0.2) is 25.7 Å². The summed E-state index contributed by atoms with van der Waals surface area (Å²) in [6, 6.07) is 2.20. The van der Waals surface area contributed by atoms with Crippen LogP contribution in [0.1, 0.15) is 20.3 Å². The molecule has 0 saturated heterocycles. The molecule has 102 valence electrons. The second-order valence-corrected chi connectivity index (χ2v) is 5.81. The maximum absolute atomic E-state index is 13.4. The van der Waals surface area contributed by atoms with Gasteiger partial charge in [0, 0.05) is 6.04 Å². The smallest absolute Gasteiger partial charge is 0.246 e. The Bertz CT molecular complexity index is 497. The average Bonchev–Trinajstić information content (AvgIpc) is 2.13. The molecule has 0 aliphatic rings. The molecule has 0 radical (unpaired) electrons. The van der Waals surface area contributed by atoms with Gasteiger partial charge in [-0.05, 0) is 32.4 Å². The monoisotopic (exact) mass is 279 g/mol. The molecule has 0 amide bonds. The lowest BCUT2D eigenvalue weighted by molar-refractivity contribution is 0.175. The van der Waals surface area contributed by atoms with Crippen LogP contribution < -0.4 is 4.72 Å². The van der Waals surface area contributed by atoms with Crippen molar-refractivity contribution in [2.24, 2.45) is 0 Å². The Morgan fingerprint density at radius 1 is 1.28 bits per heavy atom. The number of halogens is 2. The van der Waals surface area contributed by atoms with Gasteiger partial charge in [-0.15, -0.1) is 0 Å². The molecule has 1 aromatic rings. The number of rotatable bonds is 5. The Labute approximate surface area is 105 Å². The van der Waals surface area contributed by atoms with Crippen LogP contribution in [-0.2, 0) is 10.0 Å². The van der Waals surface area contributed by atoms with Crippen molar-refractivity contribution in [1.82, 2.24) is 4.72 Å². The van der Waals surface area contributed by atoms with Gasteiger partial charge >= 0.3 is 0 Å². The van der Waals surface area contributed by atoms with Crippen LogP contribution in [0, 0.1) is 11.6 Å². The first-order valence-electron chi connectivity index (χ1n) is 5.38. The molecule has 0 heterocycles. The number of benzene rings is 1. The lowest BCUT2D eigenvalue weighted by Crippen LogP contribution is -2.35. The second-order valence-electron chi connectivity index (χ2n) is 4.16. The largest absolute Gasteiger partial charge is 0.393 e. The van der Waals surface area contributed by atoms with Crippen molar-refractivity contribution in [2.75, 3.05) is 0 Å². The first-order chi connectivity index (χ1) is 8.24. The Balaban J connectivity index is 3.00. The van der Waals surface area contributed by atoms with Gasteiger partial charge in [-0.25, -0.2) is 21.9 Å². The third-order valence-electron chi connectivity index (χ3n) is 2.24. The lowest BCUT2D eigenvalue weighted by atomic mass is 10.2. The van der Waals surface area contributed by atoms with Gasteiger partial charge in [0.2, 0.25) is 10.0 Å². The van der Waals surface area contributed by atoms with Gasteiger partial charge in [-0.2, -0.15) is 0 Å². The summed E-state index contributed by atoms with van der Waals surface area (Å²) >= 11 is 0. The minimum atomic E-state index is -4.28. The minimum absolute atomic E-state index is 0.148. The van der Waals surface area contributed by atoms with E-state index >= 15 is 0 Å². The van der Waals surface area contributed by atoms with E-state index in [2.05, 4.69) is 4.72 Å². The lowest BCUT2D eigenvalue weighted by Gasteiger charge is -2.16. The number of aliphatic hydroxyl groups is 1. The quantitative estimate of drug-likeness (QED) is 0.856. The molecule has 18 heavy (non-hydrogen) atoms. The SMILES string of the molecule is CC(O)CC(C)NS(=O)(=O)c1c(F)cccc1F. The summed E-state index contributed by atoms with van der Waals surface area (Å²) in [5, 5.41) is 9.12. The normalized spacial score (nSPS) is 15.4. The highest BCUT2D eigenvalue weighted by molar-refractivity contribution is 7.89. The Morgan fingerprint density at radius 3 is 2.22 bits per heavy atom. The predicted octanol–water partition coefficient (Wildman–Crippen LogP) is 1.40. The molecule has 2 unspecified atom stereocenters. The summed E-state index contributed by atoms with van der Waals surface area (Å²) in [6.07, 6.45) is -0.567. The third kappa shape index (κ3) is 3.72. The van der Waals surface area contributed by atoms with Gasteiger partial charge in [-0.3, -0.25) is 0 Å². The molecule has 4 nitrogen and oxygen atoms in total. The van der Waals surface area contributed by atoms with Gasteiger partial charge in [0.15, 0.2) is 4.90 Å². The van der Waals surface area contributed by atoms with E-state index in [1.165, 1.54) is 13.8 Å². The van der Waals surface area contributed by atoms with Crippen LogP contribution in [0.15, 0.2) is 23.1 Å². The van der Waals surface area contributed by atoms with Crippen molar-refractivity contribution < 1.29 is 22.3 Å². The van der Waals surface area contributed by atoms with E-state index in [4.69, 9.17) is 5.11 Å². The van der Waals surface area contributed by atoms with Gasteiger partial charge in [0.05, 0.1) is 6.10 Å². The zero-order valence-corrected chi connectivity index (χ0v) is 10.8. The van der Waals surface area contributed by atoms with Crippen molar-refractivity contribution in [3.8, 4) is 0 Å². The molecule has 0 aromatic heterocycles. The summed E-state index contributed by atoms with van der Waals surface area (Å²) in [5.41, 5.74) is 0. The highest BCUT2D eigenvalue weighted by Crippen LogP contribution is 2.18. The standard InChI is InChI=1S/C11H15F2NO3S/c1-7(6-8(2)15)14-18(16,17)11-9(12)4-3-5-10(11)13/h3-5,7-8,14-15H,6H2,1-2H3. The van der Waals surface area contributed by atoms with Gasteiger partial charge in [0.1, 0.15) is 11.6 Å². The Hall–Kier alpha value is -1.05.